The Balaban J connectivity index is 2.68. The number of hydrogen-bond donors (Lipinski definition) is 1. The van der Waals surface area contributed by atoms with Gasteiger partial charge in [-0.2, -0.15) is 0 Å². The molecule has 1 aromatic carbocycles. The van der Waals surface area contributed by atoms with Gasteiger partial charge < -0.3 is 5.32 Å². The van der Waals surface area contributed by atoms with Gasteiger partial charge in [-0.1, -0.05) is 29.3 Å². The maximum atomic E-state index is 11.4. The normalized spacial score (nSPS) is 10.1. The summed E-state index contributed by atoms with van der Waals surface area (Å²) >= 11 is 17.2. The second kappa shape index (κ2) is 6.21. The van der Waals surface area contributed by atoms with Gasteiger partial charge in [-0.3, -0.25) is 4.79 Å². The van der Waals surface area contributed by atoms with Crippen molar-refractivity contribution < 1.29 is 4.79 Å². The fourth-order valence-corrected chi connectivity index (χ4v) is 1.67. The number of hydrogen-bond acceptors (Lipinski definition) is 1. The van der Waals surface area contributed by atoms with Gasteiger partial charge in [0.1, 0.15) is 0 Å². The van der Waals surface area contributed by atoms with E-state index in [1.54, 1.807) is 18.2 Å². The number of benzene rings is 1. The van der Waals surface area contributed by atoms with Crippen molar-refractivity contribution in [1.29, 1.82) is 0 Å². The van der Waals surface area contributed by atoms with Gasteiger partial charge in [-0.15, -0.1) is 11.6 Å². The zero-order valence-electron chi connectivity index (χ0n) is 7.90. The number of alkyl halides is 1. The molecule has 0 saturated heterocycles. The first kappa shape index (κ1) is 12.6. The first-order valence-electron chi connectivity index (χ1n) is 4.45. The van der Waals surface area contributed by atoms with E-state index < -0.39 is 0 Å². The Kier molecular flexibility index (Phi) is 5.23. The summed E-state index contributed by atoms with van der Waals surface area (Å²) in [6, 6.07) is 5.06. The van der Waals surface area contributed by atoms with Crippen molar-refractivity contribution in [3.63, 3.8) is 0 Å². The van der Waals surface area contributed by atoms with Crippen molar-refractivity contribution in [2.24, 2.45) is 0 Å². The van der Waals surface area contributed by atoms with Crippen molar-refractivity contribution in [1.82, 2.24) is 0 Å². The standard InChI is InChI=1S/C10H10Cl3NO/c11-6-2-5-9(15)14-10-7(12)3-1-4-8(10)13/h1,3-4H,2,5-6H2,(H,14,15). The highest BCUT2D eigenvalue weighted by Gasteiger charge is 2.08. The Morgan fingerprint density at radius 3 is 2.40 bits per heavy atom. The number of halogens is 3. The van der Waals surface area contributed by atoms with Crippen LogP contribution >= 0.6 is 34.8 Å². The van der Waals surface area contributed by atoms with Crippen molar-refractivity contribution >= 4 is 46.4 Å². The lowest BCUT2D eigenvalue weighted by atomic mass is 10.3. The molecule has 1 N–H and O–H groups in total. The summed E-state index contributed by atoms with van der Waals surface area (Å²) < 4.78 is 0. The summed E-state index contributed by atoms with van der Waals surface area (Å²) in [5.74, 6) is 0.328. The van der Waals surface area contributed by atoms with Crippen molar-refractivity contribution in [3.05, 3.63) is 28.2 Å². The third kappa shape index (κ3) is 3.90. The minimum absolute atomic E-state index is 0.134. The summed E-state index contributed by atoms with van der Waals surface area (Å²) in [6.07, 6.45) is 1.00. The van der Waals surface area contributed by atoms with Crippen LogP contribution in [0.3, 0.4) is 0 Å². The zero-order valence-corrected chi connectivity index (χ0v) is 10.2. The van der Waals surface area contributed by atoms with Crippen LogP contribution in [0.1, 0.15) is 12.8 Å². The molecule has 0 spiro atoms. The zero-order chi connectivity index (χ0) is 11.3. The minimum Gasteiger partial charge on any atom is -0.324 e. The van der Waals surface area contributed by atoms with E-state index in [0.717, 1.165) is 0 Å². The topological polar surface area (TPSA) is 29.1 Å². The average Bonchev–Trinajstić information content (AvgIpc) is 2.21. The van der Waals surface area contributed by atoms with Crippen LogP contribution in [0.5, 0.6) is 0 Å². The molecular weight excluding hydrogens is 256 g/mol. The fourth-order valence-electron chi connectivity index (χ4n) is 1.05. The maximum Gasteiger partial charge on any atom is 0.224 e. The van der Waals surface area contributed by atoms with Crippen molar-refractivity contribution in [3.8, 4) is 0 Å². The second-order valence-corrected chi connectivity index (χ2v) is 4.13. The van der Waals surface area contributed by atoms with E-state index >= 15 is 0 Å². The van der Waals surface area contributed by atoms with Gasteiger partial charge in [0.15, 0.2) is 0 Å². The molecule has 15 heavy (non-hydrogen) atoms. The molecule has 2 nitrogen and oxygen atoms in total. The van der Waals surface area contributed by atoms with Gasteiger partial charge >= 0.3 is 0 Å². The van der Waals surface area contributed by atoms with Gasteiger partial charge in [0.05, 0.1) is 15.7 Å². The highest BCUT2D eigenvalue weighted by atomic mass is 35.5. The van der Waals surface area contributed by atoms with Crippen LogP contribution in [-0.4, -0.2) is 11.8 Å². The molecule has 0 fully saturated rings. The Morgan fingerprint density at radius 2 is 1.87 bits per heavy atom. The highest BCUT2D eigenvalue weighted by Crippen LogP contribution is 2.29. The predicted octanol–water partition coefficient (Wildman–Crippen LogP) is 3.95. The molecule has 0 bridgehead atoms. The molecular formula is C10H10Cl3NO. The first-order chi connectivity index (χ1) is 7.15. The Morgan fingerprint density at radius 1 is 1.27 bits per heavy atom. The van der Waals surface area contributed by atoms with E-state index in [-0.39, 0.29) is 5.91 Å². The van der Waals surface area contributed by atoms with E-state index in [0.29, 0.717) is 34.5 Å². The summed E-state index contributed by atoms with van der Waals surface area (Å²) in [4.78, 5) is 11.4. The van der Waals surface area contributed by atoms with E-state index in [1.165, 1.54) is 0 Å². The van der Waals surface area contributed by atoms with Crippen molar-refractivity contribution in [2.45, 2.75) is 12.8 Å². The number of anilines is 1. The van der Waals surface area contributed by atoms with Crippen LogP contribution in [0, 0.1) is 0 Å². The summed E-state index contributed by atoms with van der Waals surface area (Å²) in [7, 11) is 0. The quantitative estimate of drug-likeness (QED) is 0.822. The Labute approximate surface area is 104 Å². The number of rotatable bonds is 4. The molecule has 1 rings (SSSR count). The van der Waals surface area contributed by atoms with Gasteiger partial charge in [-0.05, 0) is 18.6 Å². The lowest BCUT2D eigenvalue weighted by Gasteiger charge is -2.08. The molecule has 82 valence electrons. The third-order valence-electron chi connectivity index (χ3n) is 1.76. The molecule has 0 saturated carbocycles. The number of carbonyl (C=O) groups is 1. The molecule has 0 unspecified atom stereocenters. The molecule has 0 aliphatic carbocycles. The van der Waals surface area contributed by atoms with Gasteiger partial charge in [0.25, 0.3) is 0 Å². The second-order valence-electron chi connectivity index (χ2n) is 2.94. The molecule has 0 aliphatic heterocycles. The molecule has 0 radical (unpaired) electrons. The SMILES string of the molecule is O=C(CCCCl)Nc1c(Cl)cccc1Cl. The van der Waals surface area contributed by atoms with Crippen LogP contribution in [-0.2, 0) is 4.79 Å². The van der Waals surface area contributed by atoms with E-state index in [4.69, 9.17) is 34.8 Å². The number of amides is 1. The van der Waals surface area contributed by atoms with Crippen LogP contribution in [0.25, 0.3) is 0 Å². The van der Waals surface area contributed by atoms with Crippen LogP contribution in [0.15, 0.2) is 18.2 Å². The van der Waals surface area contributed by atoms with Crippen LogP contribution < -0.4 is 5.32 Å². The van der Waals surface area contributed by atoms with Crippen LogP contribution in [0.4, 0.5) is 5.69 Å². The van der Waals surface area contributed by atoms with Crippen LogP contribution in [0.2, 0.25) is 10.0 Å². The minimum atomic E-state index is -0.134. The Bertz CT molecular complexity index is 334. The van der Waals surface area contributed by atoms with Crippen molar-refractivity contribution in [2.75, 3.05) is 11.2 Å². The third-order valence-corrected chi connectivity index (χ3v) is 2.66. The number of carbonyl (C=O) groups excluding carboxylic acids is 1. The number of nitrogens with one attached hydrogen (secondary N) is 1. The average molecular weight is 267 g/mol. The maximum absolute atomic E-state index is 11.4. The first-order valence-corrected chi connectivity index (χ1v) is 5.74. The summed E-state index contributed by atoms with van der Waals surface area (Å²) in [5, 5.41) is 3.52. The summed E-state index contributed by atoms with van der Waals surface area (Å²) in [5.41, 5.74) is 0.459. The largest absolute Gasteiger partial charge is 0.324 e. The predicted molar refractivity (Wildman–Crippen MR) is 65.0 cm³/mol. The molecule has 0 aromatic heterocycles. The highest BCUT2D eigenvalue weighted by molar-refractivity contribution is 6.39. The number of para-hydroxylation sites is 1. The molecule has 1 aromatic rings. The van der Waals surface area contributed by atoms with Gasteiger partial charge in [-0.25, -0.2) is 0 Å². The lowest BCUT2D eigenvalue weighted by Crippen LogP contribution is -2.12. The smallest absolute Gasteiger partial charge is 0.224 e. The van der Waals surface area contributed by atoms with E-state index in [1.807, 2.05) is 0 Å². The lowest BCUT2D eigenvalue weighted by molar-refractivity contribution is -0.116. The van der Waals surface area contributed by atoms with Gasteiger partial charge in [0.2, 0.25) is 5.91 Å². The molecule has 5 heteroatoms. The molecule has 0 heterocycles. The fraction of sp³-hybridized carbons (Fsp3) is 0.300. The monoisotopic (exact) mass is 265 g/mol. The molecule has 0 aliphatic rings. The van der Waals surface area contributed by atoms with E-state index in [2.05, 4.69) is 5.32 Å². The van der Waals surface area contributed by atoms with E-state index in [9.17, 15) is 4.79 Å². The molecule has 0 atom stereocenters. The van der Waals surface area contributed by atoms with Gasteiger partial charge in [0, 0.05) is 12.3 Å². The Hall–Kier alpha value is -0.440. The summed E-state index contributed by atoms with van der Waals surface area (Å²) in [6.45, 7) is 0. The molecule has 1 amide bonds.